The van der Waals surface area contributed by atoms with E-state index in [9.17, 15) is 23.6 Å². The predicted molar refractivity (Wildman–Crippen MR) is 76.6 cm³/mol. The minimum atomic E-state index is -3.99. The van der Waals surface area contributed by atoms with E-state index in [0.29, 0.717) is 12.8 Å². The molecule has 0 bridgehead atoms. The number of sulfonamides is 1. The number of aliphatic hydroxyl groups excluding tert-OH is 1. The summed E-state index contributed by atoms with van der Waals surface area (Å²) in [6.45, 7) is 0.152. The van der Waals surface area contributed by atoms with Gasteiger partial charge in [-0.1, -0.05) is 11.6 Å². The summed E-state index contributed by atoms with van der Waals surface area (Å²) in [6.07, 6.45) is 1.51. The lowest BCUT2D eigenvalue weighted by Crippen LogP contribution is -2.29. The molecule has 1 aromatic carbocycles. The van der Waals surface area contributed by atoms with E-state index in [4.69, 9.17) is 11.6 Å². The molecule has 2 N–H and O–H groups in total. The van der Waals surface area contributed by atoms with Gasteiger partial charge in [0.05, 0.1) is 11.0 Å². The summed E-state index contributed by atoms with van der Waals surface area (Å²) in [4.78, 5) is 9.76. The van der Waals surface area contributed by atoms with Gasteiger partial charge in [-0.15, -0.1) is 0 Å². The molecule has 1 aliphatic rings. The Morgan fingerprint density at radius 3 is 2.71 bits per heavy atom. The van der Waals surface area contributed by atoms with Gasteiger partial charge in [-0.3, -0.25) is 10.1 Å². The average molecular weight is 335 g/mol. The highest BCUT2D eigenvalue weighted by atomic mass is 35.5. The van der Waals surface area contributed by atoms with Gasteiger partial charge in [-0.05, 0) is 37.3 Å². The van der Waals surface area contributed by atoms with E-state index in [0.717, 1.165) is 18.6 Å². The van der Waals surface area contributed by atoms with Crippen molar-refractivity contribution in [2.24, 2.45) is 5.92 Å². The number of aliphatic hydroxyl groups is 1. The summed E-state index contributed by atoms with van der Waals surface area (Å²) < 4.78 is 26.7. The first-order valence-corrected chi connectivity index (χ1v) is 8.27. The molecular formula is C12H15ClN2O5S. The SMILES string of the molecule is O=[N+]([O-])c1cc(Cl)ccc1S(=O)(=O)NCC1CCC(O)C1. The van der Waals surface area contributed by atoms with Crippen LogP contribution >= 0.6 is 11.6 Å². The van der Waals surface area contributed by atoms with Crippen molar-refractivity contribution >= 4 is 27.3 Å². The van der Waals surface area contributed by atoms with E-state index in [1.54, 1.807) is 0 Å². The Kier molecular flexibility index (Phi) is 4.82. The topological polar surface area (TPSA) is 110 Å². The molecule has 21 heavy (non-hydrogen) atoms. The van der Waals surface area contributed by atoms with E-state index in [1.807, 2.05) is 0 Å². The van der Waals surface area contributed by atoms with E-state index < -0.39 is 31.6 Å². The van der Waals surface area contributed by atoms with Crippen molar-refractivity contribution in [1.82, 2.24) is 4.72 Å². The number of nitrogens with zero attached hydrogens (tertiary/aromatic N) is 1. The number of nitrogens with one attached hydrogen (secondary N) is 1. The average Bonchev–Trinajstić information content (AvgIpc) is 2.82. The summed E-state index contributed by atoms with van der Waals surface area (Å²) in [5.41, 5.74) is -0.554. The Balaban J connectivity index is 2.17. The maximum Gasteiger partial charge on any atom is 0.290 e. The highest BCUT2D eigenvalue weighted by Gasteiger charge is 2.28. The number of halogens is 1. The third-order valence-electron chi connectivity index (χ3n) is 3.48. The number of nitro groups is 1. The van der Waals surface area contributed by atoms with E-state index in [1.165, 1.54) is 6.07 Å². The number of rotatable bonds is 5. The third kappa shape index (κ3) is 3.91. The van der Waals surface area contributed by atoms with E-state index in [2.05, 4.69) is 4.72 Å². The van der Waals surface area contributed by atoms with Gasteiger partial charge in [0, 0.05) is 17.6 Å². The van der Waals surface area contributed by atoms with Gasteiger partial charge in [0.2, 0.25) is 10.0 Å². The lowest BCUT2D eigenvalue weighted by atomic mass is 10.1. The van der Waals surface area contributed by atoms with Crippen LogP contribution in [0, 0.1) is 16.0 Å². The maximum absolute atomic E-state index is 12.2. The Morgan fingerprint density at radius 1 is 1.43 bits per heavy atom. The molecule has 0 saturated heterocycles. The lowest BCUT2D eigenvalue weighted by molar-refractivity contribution is -0.387. The quantitative estimate of drug-likeness (QED) is 0.629. The second-order valence-electron chi connectivity index (χ2n) is 5.05. The molecule has 9 heteroatoms. The minimum Gasteiger partial charge on any atom is -0.393 e. The normalized spacial score (nSPS) is 22.4. The number of benzene rings is 1. The molecule has 1 fully saturated rings. The Hall–Kier alpha value is -1.22. The molecule has 2 unspecified atom stereocenters. The first kappa shape index (κ1) is 16.2. The highest BCUT2D eigenvalue weighted by molar-refractivity contribution is 7.89. The second kappa shape index (κ2) is 6.27. The van der Waals surface area contributed by atoms with Gasteiger partial charge >= 0.3 is 0 Å². The third-order valence-corrected chi connectivity index (χ3v) is 5.19. The standard InChI is InChI=1S/C12H15ClN2O5S/c13-9-2-4-12(11(6-9)15(17)18)21(19,20)14-7-8-1-3-10(16)5-8/h2,4,6,8,10,14,16H,1,3,5,7H2. The Labute approximate surface area is 127 Å². The first-order valence-electron chi connectivity index (χ1n) is 6.41. The molecule has 1 saturated carbocycles. The van der Waals surface area contributed by atoms with Crippen LogP contribution in [0.4, 0.5) is 5.69 Å². The summed E-state index contributed by atoms with van der Waals surface area (Å²) in [7, 11) is -3.99. The molecule has 0 amide bonds. The van der Waals surface area contributed by atoms with Crippen molar-refractivity contribution in [1.29, 1.82) is 0 Å². The zero-order valence-electron chi connectivity index (χ0n) is 11.0. The van der Waals surface area contributed by atoms with E-state index in [-0.39, 0.29) is 17.5 Å². The van der Waals surface area contributed by atoms with Crippen LogP contribution < -0.4 is 4.72 Å². The van der Waals surface area contributed by atoms with Gasteiger partial charge in [0.25, 0.3) is 5.69 Å². The van der Waals surface area contributed by atoms with Crippen molar-refractivity contribution in [3.05, 3.63) is 33.3 Å². The fourth-order valence-electron chi connectivity index (χ4n) is 2.40. The number of hydrogen-bond donors (Lipinski definition) is 2. The van der Waals surface area contributed by atoms with Crippen molar-refractivity contribution in [2.45, 2.75) is 30.3 Å². The predicted octanol–water partition coefficient (Wildman–Crippen LogP) is 1.69. The lowest BCUT2D eigenvalue weighted by Gasteiger charge is -2.11. The summed E-state index contributed by atoms with van der Waals surface area (Å²) in [5.74, 6) is 0.0427. The smallest absolute Gasteiger partial charge is 0.290 e. The molecule has 116 valence electrons. The van der Waals surface area contributed by atoms with Gasteiger partial charge in [-0.2, -0.15) is 0 Å². The van der Waals surface area contributed by atoms with Crippen molar-refractivity contribution in [2.75, 3.05) is 6.54 Å². The Bertz CT molecular complexity index is 649. The fraction of sp³-hybridized carbons (Fsp3) is 0.500. The molecule has 0 aromatic heterocycles. The summed E-state index contributed by atoms with van der Waals surface area (Å²) >= 11 is 5.66. The van der Waals surface area contributed by atoms with Crippen LogP contribution in [0.25, 0.3) is 0 Å². The monoisotopic (exact) mass is 334 g/mol. The van der Waals surface area contributed by atoms with Crippen molar-refractivity contribution < 1.29 is 18.4 Å². The van der Waals surface area contributed by atoms with E-state index >= 15 is 0 Å². The van der Waals surface area contributed by atoms with Crippen molar-refractivity contribution in [3.63, 3.8) is 0 Å². The minimum absolute atomic E-state index is 0.0427. The molecule has 2 atom stereocenters. The first-order chi connectivity index (χ1) is 9.79. The van der Waals surface area contributed by atoms with Crippen molar-refractivity contribution in [3.8, 4) is 0 Å². The van der Waals surface area contributed by atoms with Crippen LogP contribution in [0.1, 0.15) is 19.3 Å². The van der Waals surface area contributed by atoms with Crippen LogP contribution in [0.15, 0.2) is 23.1 Å². The second-order valence-corrected chi connectivity index (χ2v) is 7.23. The molecule has 0 aliphatic heterocycles. The molecule has 1 aromatic rings. The van der Waals surface area contributed by atoms with Gasteiger partial charge < -0.3 is 5.11 Å². The fourth-order valence-corrected chi connectivity index (χ4v) is 3.83. The molecule has 0 heterocycles. The molecule has 2 rings (SSSR count). The van der Waals surface area contributed by atoms with Crippen LogP contribution in [0.2, 0.25) is 5.02 Å². The summed E-state index contributed by atoms with van der Waals surface area (Å²) in [6, 6.07) is 3.42. The van der Waals surface area contributed by atoms with Crippen LogP contribution in [-0.2, 0) is 10.0 Å². The number of hydrogen-bond acceptors (Lipinski definition) is 5. The zero-order chi connectivity index (χ0) is 15.6. The molecule has 7 nitrogen and oxygen atoms in total. The zero-order valence-corrected chi connectivity index (χ0v) is 12.6. The molecule has 0 radical (unpaired) electrons. The molecule has 0 spiro atoms. The highest BCUT2D eigenvalue weighted by Crippen LogP contribution is 2.28. The van der Waals surface area contributed by atoms with Crippen LogP contribution in [0.5, 0.6) is 0 Å². The number of nitro benzene ring substituents is 1. The van der Waals surface area contributed by atoms with Gasteiger partial charge in [0.15, 0.2) is 4.90 Å². The maximum atomic E-state index is 12.2. The summed E-state index contributed by atoms with van der Waals surface area (Å²) in [5, 5.41) is 20.5. The van der Waals surface area contributed by atoms with Gasteiger partial charge in [0.1, 0.15) is 0 Å². The van der Waals surface area contributed by atoms with Crippen LogP contribution in [0.3, 0.4) is 0 Å². The molecule has 1 aliphatic carbocycles. The van der Waals surface area contributed by atoms with Gasteiger partial charge in [-0.25, -0.2) is 13.1 Å². The Morgan fingerprint density at radius 2 is 2.14 bits per heavy atom. The van der Waals surface area contributed by atoms with Crippen LogP contribution in [-0.4, -0.2) is 31.1 Å². The largest absolute Gasteiger partial charge is 0.393 e. The molecular weight excluding hydrogens is 320 g/mol.